The Balaban J connectivity index is 1.50. The van der Waals surface area contributed by atoms with E-state index in [0.717, 1.165) is 25.7 Å². The lowest BCUT2D eigenvalue weighted by atomic mass is 9.95. The van der Waals surface area contributed by atoms with Crippen LogP contribution in [0.15, 0.2) is 6.33 Å². The average molecular weight is 459 g/mol. The molecule has 0 radical (unpaired) electrons. The van der Waals surface area contributed by atoms with Gasteiger partial charge in [-0.15, -0.1) is 0 Å². The van der Waals surface area contributed by atoms with Gasteiger partial charge in [-0.1, -0.05) is 19.3 Å². The molecule has 1 unspecified atom stereocenters. The Hall–Kier alpha value is -2.91. The summed E-state index contributed by atoms with van der Waals surface area (Å²) in [6.45, 7) is 9.00. The number of hydrogen-bond donors (Lipinski definition) is 1. The minimum Gasteiger partial charge on any atom is -0.471 e. The zero-order valence-corrected chi connectivity index (χ0v) is 20.0. The van der Waals surface area contributed by atoms with Gasteiger partial charge in [0.25, 0.3) is 5.91 Å². The van der Waals surface area contributed by atoms with Crippen molar-refractivity contribution in [2.24, 2.45) is 0 Å². The number of rotatable bonds is 5. The summed E-state index contributed by atoms with van der Waals surface area (Å²) >= 11 is 0. The molecule has 0 bridgehead atoms. The van der Waals surface area contributed by atoms with Crippen molar-refractivity contribution in [3.63, 3.8) is 0 Å². The van der Waals surface area contributed by atoms with Crippen LogP contribution in [-0.4, -0.2) is 67.3 Å². The van der Waals surface area contributed by atoms with Crippen molar-refractivity contribution in [2.45, 2.75) is 90.5 Å². The average Bonchev–Trinajstić information content (AvgIpc) is 3.38. The Labute approximate surface area is 194 Å². The van der Waals surface area contributed by atoms with Crippen molar-refractivity contribution < 1.29 is 19.1 Å². The number of nitrogens with one attached hydrogen (secondary N) is 1. The van der Waals surface area contributed by atoms with Crippen molar-refractivity contribution in [1.29, 1.82) is 0 Å². The van der Waals surface area contributed by atoms with Crippen LogP contribution in [0.2, 0.25) is 0 Å². The predicted molar refractivity (Wildman–Crippen MR) is 122 cm³/mol. The molecular formula is C23H34N6O4. The van der Waals surface area contributed by atoms with Crippen LogP contribution in [0, 0.1) is 0 Å². The minimum atomic E-state index is -0.545. The second-order valence-electron chi connectivity index (χ2n) is 9.79. The molecule has 0 spiro atoms. The number of hydrogen-bond acceptors (Lipinski definition) is 7. The molecule has 2 aromatic heterocycles. The maximum atomic E-state index is 13.0. The van der Waals surface area contributed by atoms with E-state index in [1.54, 1.807) is 9.47 Å². The van der Waals surface area contributed by atoms with Crippen molar-refractivity contribution in [2.75, 3.05) is 13.1 Å². The van der Waals surface area contributed by atoms with E-state index in [1.165, 1.54) is 12.7 Å². The summed E-state index contributed by atoms with van der Waals surface area (Å²) in [5.74, 6) is 0.463. The largest absolute Gasteiger partial charge is 0.471 e. The SMILES string of the molecule is CCn1c(C(=O)NC2CCCCC2)nc2c(OC3CCN(C(=O)OC(C)(C)C)C3)ncnc21. The highest BCUT2D eigenvalue weighted by Crippen LogP contribution is 2.26. The fourth-order valence-corrected chi connectivity index (χ4v) is 4.45. The summed E-state index contributed by atoms with van der Waals surface area (Å²) in [5.41, 5.74) is 0.485. The van der Waals surface area contributed by atoms with Crippen LogP contribution < -0.4 is 10.1 Å². The molecule has 1 N–H and O–H groups in total. The summed E-state index contributed by atoms with van der Waals surface area (Å²) in [6.07, 6.45) is 7.01. The maximum Gasteiger partial charge on any atom is 0.410 e. The number of ether oxygens (including phenoxy) is 2. The number of aryl methyl sites for hydroxylation is 1. The summed E-state index contributed by atoms with van der Waals surface area (Å²) in [5, 5.41) is 3.13. The fourth-order valence-electron chi connectivity index (χ4n) is 4.45. The molecule has 2 aromatic rings. The van der Waals surface area contributed by atoms with Gasteiger partial charge in [-0.25, -0.2) is 14.8 Å². The van der Waals surface area contributed by atoms with Gasteiger partial charge in [0.1, 0.15) is 18.0 Å². The van der Waals surface area contributed by atoms with Gasteiger partial charge in [-0.3, -0.25) is 4.79 Å². The molecule has 1 saturated heterocycles. The fraction of sp³-hybridized carbons (Fsp3) is 0.696. The van der Waals surface area contributed by atoms with Gasteiger partial charge in [-0.05, 0) is 40.5 Å². The first-order valence-electron chi connectivity index (χ1n) is 11.9. The van der Waals surface area contributed by atoms with Crippen molar-refractivity contribution in [3.05, 3.63) is 12.2 Å². The monoisotopic (exact) mass is 458 g/mol. The molecule has 1 saturated carbocycles. The highest BCUT2D eigenvalue weighted by molar-refractivity contribution is 5.95. The molecule has 3 heterocycles. The van der Waals surface area contributed by atoms with Gasteiger partial charge in [0.2, 0.25) is 11.7 Å². The summed E-state index contributed by atoms with van der Waals surface area (Å²) in [6, 6.07) is 0.190. The van der Waals surface area contributed by atoms with Gasteiger partial charge < -0.3 is 24.3 Å². The van der Waals surface area contributed by atoms with Gasteiger partial charge in [0.05, 0.1) is 6.54 Å². The number of aromatic nitrogens is 4. The molecule has 2 fully saturated rings. The molecule has 10 nitrogen and oxygen atoms in total. The zero-order valence-electron chi connectivity index (χ0n) is 20.0. The van der Waals surface area contributed by atoms with E-state index in [9.17, 15) is 9.59 Å². The molecule has 1 atom stereocenters. The van der Waals surface area contributed by atoms with Gasteiger partial charge in [-0.2, -0.15) is 4.98 Å². The van der Waals surface area contributed by atoms with E-state index in [2.05, 4.69) is 20.3 Å². The Morgan fingerprint density at radius 2 is 1.91 bits per heavy atom. The third kappa shape index (κ3) is 5.36. The van der Waals surface area contributed by atoms with Crippen molar-refractivity contribution >= 4 is 23.2 Å². The Morgan fingerprint density at radius 1 is 1.15 bits per heavy atom. The summed E-state index contributed by atoms with van der Waals surface area (Å²) in [7, 11) is 0. The van der Waals surface area contributed by atoms with Gasteiger partial charge in [0.15, 0.2) is 11.2 Å². The van der Waals surface area contributed by atoms with E-state index in [1.807, 2.05) is 27.7 Å². The summed E-state index contributed by atoms with van der Waals surface area (Å²) in [4.78, 5) is 40.3. The van der Waals surface area contributed by atoms with Crippen LogP contribution in [0.3, 0.4) is 0 Å². The van der Waals surface area contributed by atoms with E-state index < -0.39 is 5.60 Å². The second-order valence-corrected chi connectivity index (χ2v) is 9.79. The molecule has 33 heavy (non-hydrogen) atoms. The molecular weight excluding hydrogens is 424 g/mol. The lowest BCUT2D eigenvalue weighted by molar-refractivity contribution is 0.0275. The van der Waals surface area contributed by atoms with Crippen LogP contribution in [-0.2, 0) is 11.3 Å². The second kappa shape index (κ2) is 9.52. The third-order valence-electron chi connectivity index (χ3n) is 6.03. The van der Waals surface area contributed by atoms with E-state index >= 15 is 0 Å². The standard InChI is InChI=1S/C23H34N6O4/c1-5-29-18-17(27-19(29)20(30)26-15-9-7-6-8-10-15)21(25-14-24-18)32-16-11-12-28(13-16)22(31)33-23(2,3)4/h14-16H,5-13H2,1-4H3,(H,26,30). The quantitative estimate of drug-likeness (QED) is 0.732. The van der Waals surface area contributed by atoms with E-state index in [-0.39, 0.29) is 24.1 Å². The molecule has 4 rings (SSSR count). The molecule has 10 heteroatoms. The summed E-state index contributed by atoms with van der Waals surface area (Å²) < 4.78 is 13.4. The van der Waals surface area contributed by atoms with Crippen molar-refractivity contribution in [3.8, 4) is 5.88 Å². The molecule has 0 aromatic carbocycles. The highest BCUT2D eigenvalue weighted by atomic mass is 16.6. The Kier molecular flexibility index (Phi) is 6.71. The maximum absolute atomic E-state index is 13.0. The Morgan fingerprint density at radius 3 is 2.61 bits per heavy atom. The van der Waals surface area contributed by atoms with Crippen LogP contribution in [0.5, 0.6) is 5.88 Å². The van der Waals surface area contributed by atoms with E-state index in [0.29, 0.717) is 48.9 Å². The number of carbonyl (C=O) groups excluding carboxylic acids is 2. The normalized spacial score (nSPS) is 19.6. The smallest absolute Gasteiger partial charge is 0.410 e. The molecule has 180 valence electrons. The number of nitrogens with zero attached hydrogens (tertiary/aromatic N) is 5. The highest BCUT2D eigenvalue weighted by Gasteiger charge is 2.32. The topological polar surface area (TPSA) is 111 Å². The van der Waals surface area contributed by atoms with Crippen molar-refractivity contribution in [1.82, 2.24) is 29.7 Å². The van der Waals surface area contributed by atoms with Crippen LogP contribution in [0.25, 0.3) is 11.2 Å². The number of fused-ring (bicyclic) bond motifs is 1. The van der Waals surface area contributed by atoms with Crippen LogP contribution in [0.4, 0.5) is 4.79 Å². The predicted octanol–water partition coefficient (Wildman–Crippen LogP) is 3.30. The molecule has 1 aliphatic heterocycles. The molecule has 1 aliphatic carbocycles. The van der Waals surface area contributed by atoms with Crippen LogP contribution in [0.1, 0.15) is 76.8 Å². The lowest BCUT2D eigenvalue weighted by Crippen LogP contribution is -2.37. The first kappa shape index (κ1) is 23.3. The zero-order chi connectivity index (χ0) is 23.6. The molecule has 2 amide bonds. The number of imidazole rings is 1. The lowest BCUT2D eigenvalue weighted by Gasteiger charge is -2.24. The first-order valence-corrected chi connectivity index (χ1v) is 11.9. The van der Waals surface area contributed by atoms with E-state index in [4.69, 9.17) is 9.47 Å². The Bertz CT molecular complexity index is 1010. The minimum absolute atomic E-state index is 0.190. The molecule has 2 aliphatic rings. The third-order valence-corrected chi connectivity index (χ3v) is 6.03. The van der Waals surface area contributed by atoms with Crippen LogP contribution >= 0.6 is 0 Å². The van der Waals surface area contributed by atoms with Gasteiger partial charge >= 0.3 is 6.09 Å². The first-order chi connectivity index (χ1) is 15.7. The number of amides is 2. The van der Waals surface area contributed by atoms with Gasteiger partial charge in [0, 0.05) is 25.6 Å². The number of likely N-dealkylation sites (tertiary alicyclic amines) is 1. The number of carbonyl (C=O) groups is 2.